The number of nitrogens with zero attached hydrogens (tertiary/aromatic N) is 2. The van der Waals surface area contributed by atoms with Crippen LogP contribution in [0.2, 0.25) is 5.02 Å². The number of hydrogen-bond acceptors (Lipinski definition) is 2. The summed E-state index contributed by atoms with van der Waals surface area (Å²) in [6, 6.07) is 13.8. The molecule has 0 radical (unpaired) electrons. The lowest BCUT2D eigenvalue weighted by Gasteiger charge is -2.14. The molecule has 2 aromatic carbocycles. The van der Waals surface area contributed by atoms with E-state index >= 15 is 0 Å². The number of imidazole rings is 1. The lowest BCUT2D eigenvalue weighted by molar-refractivity contribution is 0.624. The van der Waals surface area contributed by atoms with Crippen LogP contribution in [0.25, 0.3) is 22.4 Å². The Morgan fingerprint density at radius 3 is 2.55 bits per heavy atom. The largest absolute Gasteiger partial charge is 0.398 e. The van der Waals surface area contributed by atoms with Gasteiger partial charge < -0.3 is 10.3 Å². The van der Waals surface area contributed by atoms with Crippen molar-refractivity contribution < 1.29 is 0 Å². The summed E-state index contributed by atoms with van der Waals surface area (Å²) in [5.74, 6) is 0.862. The molecular formula is C16H16ClN3. The summed E-state index contributed by atoms with van der Waals surface area (Å²) in [5, 5.41) is 0.712. The predicted molar refractivity (Wildman–Crippen MR) is 85.0 cm³/mol. The molecule has 3 nitrogen and oxygen atoms in total. The van der Waals surface area contributed by atoms with Gasteiger partial charge in [-0.3, -0.25) is 0 Å². The van der Waals surface area contributed by atoms with Crippen molar-refractivity contribution in [3.8, 4) is 11.4 Å². The van der Waals surface area contributed by atoms with E-state index < -0.39 is 0 Å². The minimum Gasteiger partial charge on any atom is -0.398 e. The van der Waals surface area contributed by atoms with Gasteiger partial charge in [0, 0.05) is 17.3 Å². The minimum absolute atomic E-state index is 0.245. The second-order valence-electron chi connectivity index (χ2n) is 5.09. The first kappa shape index (κ1) is 13.0. The molecule has 0 aliphatic heterocycles. The van der Waals surface area contributed by atoms with Crippen molar-refractivity contribution in [2.45, 2.75) is 19.9 Å². The standard InChI is InChI=1S/C16H16ClN3/c1-10(2)20-15-12(17)7-5-9-14(15)19-16(20)11-6-3-4-8-13(11)18/h3-10H,18H2,1-2H3. The molecule has 1 aromatic heterocycles. The molecule has 0 amide bonds. The Labute approximate surface area is 123 Å². The number of fused-ring (bicyclic) bond motifs is 1. The van der Waals surface area contributed by atoms with E-state index in [4.69, 9.17) is 22.3 Å². The van der Waals surface area contributed by atoms with Crippen LogP contribution in [0, 0.1) is 0 Å². The van der Waals surface area contributed by atoms with Crippen molar-refractivity contribution >= 4 is 28.3 Å². The van der Waals surface area contributed by atoms with Crippen LogP contribution < -0.4 is 5.73 Å². The molecule has 2 N–H and O–H groups in total. The van der Waals surface area contributed by atoms with Gasteiger partial charge in [-0.15, -0.1) is 0 Å². The van der Waals surface area contributed by atoms with E-state index in [0.29, 0.717) is 5.02 Å². The zero-order valence-electron chi connectivity index (χ0n) is 11.5. The van der Waals surface area contributed by atoms with Gasteiger partial charge >= 0.3 is 0 Å². The van der Waals surface area contributed by atoms with Crippen LogP contribution in [-0.2, 0) is 0 Å². The molecule has 0 bridgehead atoms. The van der Waals surface area contributed by atoms with E-state index in [1.807, 2.05) is 42.5 Å². The SMILES string of the molecule is CC(C)n1c(-c2ccccc2N)nc2cccc(Cl)c21. The van der Waals surface area contributed by atoms with Crippen LogP contribution in [0.4, 0.5) is 5.69 Å². The molecule has 0 fully saturated rings. The van der Waals surface area contributed by atoms with E-state index in [0.717, 1.165) is 28.1 Å². The molecule has 20 heavy (non-hydrogen) atoms. The number of halogens is 1. The summed E-state index contributed by atoms with van der Waals surface area (Å²) in [6.45, 7) is 4.24. The van der Waals surface area contributed by atoms with E-state index in [1.54, 1.807) is 0 Å². The van der Waals surface area contributed by atoms with Crippen molar-refractivity contribution in [1.82, 2.24) is 9.55 Å². The molecule has 0 aliphatic rings. The highest BCUT2D eigenvalue weighted by molar-refractivity contribution is 6.35. The Balaban J connectivity index is 2.40. The van der Waals surface area contributed by atoms with Crippen LogP contribution >= 0.6 is 11.6 Å². The molecule has 0 saturated heterocycles. The minimum atomic E-state index is 0.245. The summed E-state index contributed by atoms with van der Waals surface area (Å²) in [7, 11) is 0. The maximum absolute atomic E-state index is 6.35. The quantitative estimate of drug-likeness (QED) is 0.704. The highest BCUT2D eigenvalue weighted by Gasteiger charge is 2.18. The first-order valence-electron chi connectivity index (χ1n) is 6.61. The van der Waals surface area contributed by atoms with E-state index in [2.05, 4.69) is 18.4 Å². The maximum atomic E-state index is 6.35. The first-order valence-corrected chi connectivity index (χ1v) is 6.98. The smallest absolute Gasteiger partial charge is 0.143 e. The molecule has 1 heterocycles. The lowest BCUT2D eigenvalue weighted by atomic mass is 10.1. The van der Waals surface area contributed by atoms with Gasteiger partial charge in [0.25, 0.3) is 0 Å². The summed E-state index contributed by atoms with van der Waals surface area (Å²) < 4.78 is 2.14. The number of nitrogen functional groups attached to an aromatic ring is 1. The Morgan fingerprint density at radius 2 is 1.85 bits per heavy atom. The molecule has 3 aromatic rings. The van der Waals surface area contributed by atoms with Gasteiger partial charge in [0.2, 0.25) is 0 Å². The third-order valence-corrected chi connectivity index (χ3v) is 3.68. The second-order valence-corrected chi connectivity index (χ2v) is 5.50. The number of rotatable bonds is 2. The normalized spacial score (nSPS) is 11.4. The molecule has 0 atom stereocenters. The lowest BCUT2D eigenvalue weighted by Crippen LogP contribution is -2.04. The molecular weight excluding hydrogens is 270 g/mol. The summed E-state index contributed by atoms with van der Waals surface area (Å²) in [6.07, 6.45) is 0. The number of aromatic nitrogens is 2. The third kappa shape index (κ3) is 1.95. The Bertz CT molecular complexity index is 774. The van der Waals surface area contributed by atoms with Gasteiger partial charge in [-0.2, -0.15) is 0 Å². The number of anilines is 1. The number of nitrogens with two attached hydrogens (primary N) is 1. The van der Waals surface area contributed by atoms with Gasteiger partial charge in [-0.1, -0.05) is 29.8 Å². The van der Waals surface area contributed by atoms with Crippen LogP contribution in [0.15, 0.2) is 42.5 Å². The molecule has 0 saturated carbocycles. The molecule has 0 aliphatic carbocycles. The van der Waals surface area contributed by atoms with Crippen LogP contribution in [0.5, 0.6) is 0 Å². The summed E-state index contributed by atoms with van der Waals surface area (Å²) >= 11 is 6.35. The van der Waals surface area contributed by atoms with Crippen LogP contribution in [0.3, 0.4) is 0 Å². The highest BCUT2D eigenvalue weighted by Crippen LogP contribution is 2.34. The van der Waals surface area contributed by atoms with Crippen molar-refractivity contribution in [3.63, 3.8) is 0 Å². The summed E-state index contributed by atoms with van der Waals surface area (Å²) in [5.41, 5.74) is 9.61. The van der Waals surface area contributed by atoms with Gasteiger partial charge in [-0.25, -0.2) is 4.98 Å². The maximum Gasteiger partial charge on any atom is 0.143 e. The van der Waals surface area contributed by atoms with E-state index in [1.165, 1.54) is 0 Å². The van der Waals surface area contributed by atoms with Gasteiger partial charge in [0.05, 0.1) is 16.1 Å². The van der Waals surface area contributed by atoms with Crippen molar-refractivity contribution in [2.24, 2.45) is 0 Å². The average molecular weight is 286 g/mol. The fourth-order valence-electron chi connectivity index (χ4n) is 2.50. The molecule has 0 unspecified atom stereocenters. The van der Waals surface area contributed by atoms with E-state index in [9.17, 15) is 0 Å². The van der Waals surface area contributed by atoms with E-state index in [-0.39, 0.29) is 6.04 Å². The number of hydrogen-bond donors (Lipinski definition) is 1. The highest BCUT2D eigenvalue weighted by atomic mass is 35.5. The van der Waals surface area contributed by atoms with Crippen molar-refractivity contribution in [3.05, 3.63) is 47.5 Å². The molecule has 4 heteroatoms. The Morgan fingerprint density at radius 1 is 1.10 bits per heavy atom. The van der Waals surface area contributed by atoms with Crippen molar-refractivity contribution in [1.29, 1.82) is 0 Å². The molecule has 102 valence electrons. The summed E-state index contributed by atoms with van der Waals surface area (Å²) in [4.78, 5) is 4.72. The Hall–Kier alpha value is -2.00. The number of para-hydroxylation sites is 2. The van der Waals surface area contributed by atoms with Gasteiger partial charge in [0.1, 0.15) is 5.82 Å². The topological polar surface area (TPSA) is 43.8 Å². The molecule has 3 rings (SSSR count). The fraction of sp³-hybridized carbons (Fsp3) is 0.188. The van der Waals surface area contributed by atoms with Crippen molar-refractivity contribution in [2.75, 3.05) is 5.73 Å². The monoisotopic (exact) mass is 285 g/mol. The van der Waals surface area contributed by atoms with Gasteiger partial charge in [0.15, 0.2) is 0 Å². The van der Waals surface area contributed by atoms with Crippen LogP contribution in [-0.4, -0.2) is 9.55 Å². The van der Waals surface area contributed by atoms with Gasteiger partial charge in [-0.05, 0) is 38.1 Å². The third-order valence-electron chi connectivity index (χ3n) is 3.38. The fourth-order valence-corrected chi connectivity index (χ4v) is 2.76. The second kappa shape index (κ2) is 4.84. The first-order chi connectivity index (χ1) is 9.59. The predicted octanol–water partition coefficient (Wildman–Crippen LogP) is 4.52. The zero-order chi connectivity index (χ0) is 14.3. The number of benzene rings is 2. The zero-order valence-corrected chi connectivity index (χ0v) is 12.2. The molecule has 0 spiro atoms. The Kier molecular flexibility index (Phi) is 3.14. The average Bonchev–Trinajstić information content (AvgIpc) is 2.80. The van der Waals surface area contributed by atoms with Crippen LogP contribution in [0.1, 0.15) is 19.9 Å².